The number of aromatic hydroxyl groups is 1. The summed E-state index contributed by atoms with van der Waals surface area (Å²) in [5.74, 6) is 0.228. The largest absolute Gasteiger partial charge is 0.508 e. The van der Waals surface area contributed by atoms with Gasteiger partial charge in [0.05, 0.1) is 0 Å². The molecule has 1 N–H and O–H groups in total. The highest BCUT2D eigenvalue weighted by molar-refractivity contribution is 5.45. The van der Waals surface area contributed by atoms with Crippen molar-refractivity contribution in [2.45, 2.75) is 38.1 Å². The maximum Gasteiger partial charge on any atom is 0.235 e. The highest BCUT2D eigenvalue weighted by Gasteiger charge is 2.37. The maximum atomic E-state index is 10.6. The molecule has 1 aliphatic rings. The van der Waals surface area contributed by atoms with Crippen molar-refractivity contribution in [1.82, 2.24) is 0 Å². The van der Waals surface area contributed by atoms with Gasteiger partial charge in [0, 0.05) is 5.56 Å². The molecular weight excluding hydrogens is 202 g/mol. The van der Waals surface area contributed by atoms with Crippen LogP contribution >= 0.6 is 0 Å². The van der Waals surface area contributed by atoms with E-state index in [2.05, 4.69) is 4.99 Å². The molecule has 16 heavy (non-hydrogen) atoms. The van der Waals surface area contributed by atoms with Crippen LogP contribution in [0.4, 0.5) is 0 Å². The first-order chi connectivity index (χ1) is 7.68. The molecule has 1 saturated carbocycles. The number of aryl methyl sites for hydroxylation is 1. The minimum Gasteiger partial charge on any atom is -0.508 e. The Morgan fingerprint density at radius 1 is 1.38 bits per heavy atom. The highest BCUT2D eigenvalue weighted by atomic mass is 16.3. The normalized spacial score (nSPS) is 18.1. The van der Waals surface area contributed by atoms with Crippen LogP contribution in [0.15, 0.2) is 23.2 Å². The Labute approximate surface area is 94.8 Å². The van der Waals surface area contributed by atoms with Gasteiger partial charge < -0.3 is 5.11 Å². The molecule has 0 saturated heterocycles. The van der Waals surface area contributed by atoms with Crippen LogP contribution in [0.3, 0.4) is 0 Å². The number of benzene rings is 1. The van der Waals surface area contributed by atoms with Gasteiger partial charge in [-0.3, -0.25) is 0 Å². The van der Waals surface area contributed by atoms with Crippen molar-refractivity contribution in [3.05, 3.63) is 29.3 Å². The second kappa shape index (κ2) is 4.11. The van der Waals surface area contributed by atoms with Crippen LogP contribution < -0.4 is 0 Å². The monoisotopic (exact) mass is 217 g/mol. The summed E-state index contributed by atoms with van der Waals surface area (Å²) in [6, 6.07) is 5.44. The first-order valence-corrected chi connectivity index (χ1v) is 5.57. The number of carbonyl (C=O) groups excluding carboxylic acids is 1. The lowest BCUT2D eigenvalue weighted by atomic mass is 9.87. The summed E-state index contributed by atoms with van der Waals surface area (Å²) in [5, 5.41) is 9.90. The number of isocyanates is 1. The third-order valence-electron chi connectivity index (χ3n) is 3.34. The number of phenolic OH excluding ortho intramolecular Hbond substituents is 1. The fourth-order valence-corrected chi connectivity index (χ4v) is 2.51. The standard InChI is InChI=1S/C13H15NO2/c1-10-4-5-12(16)11(8-10)13(14-9-15)6-2-3-7-13/h4-5,8,16H,2-3,6-7H2,1H3. The zero-order valence-electron chi connectivity index (χ0n) is 9.36. The zero-order chi connectivity index (χ0) is 11.6. The van der Waals surface area contributed by atoms with Crippen LogP contribution in [-0.2, 0) is 10.3 Å². The Hall–Kier alpha value is -1.60. The lowest BCUT2D eigenvalue weighted by Gasteiger charge is -2.24. The molecule has 0 bridgehead atoms. The van der Waals surface area contributed by atoms with Crippen LogP contribution in [0.1, 0.15) is 36.8 Å². The Morgan fingerprint density at radius 3 is 2.69 bits per heavy atom. The molecule has 0 unspecified atom stereocenters. The van der Waals surface area contributed by atoms with Crippen molar-refractivity contribution in [3.63, 3.8) is 0 Å². The Bertz CT molecular complexity index is 441. The molecule has 0 aliphatic heterocycles. The molecule has 0 heterocycles. The molecule has 3 heteroatoms. The zero-order valence-corrected chi connectivity index (χ0v) is 9.36. The molecule has 1 aromatic rings. The van der Waals surface area contributed by atoms with Gasteiger partial charge in [-0.1, -0.05) is 24.5 Å². The maximum absolute atomic E-state index is 10.6. The molecule has 1 fully saturated rings. The van der Waals surface area contributed by atoms with E-state index < -0.39 is 5.54 Å². The van der Waals surface area contributed by atoms with E-state index in [1.54, 1.807) is 12.1 Å². The van der Waals surface area contributed by atoms with Crippen LogP contribution in [0.5, 0.6) is 5.75 Å². The molecule has 0 aromatic heterocycles. The van der Waals surface area contributed by atoms with Crippen LogP contribution in [0, 0.1) is 6.92 Å². The van der Waals surface area contributed by atoms with Crippen LogP contribution in [0.25, 0.3) is 0 Å². The van der Waals surface area contributed by atoms with E-state index in [0.717, 1.165) is 36.8 Å². The van der Waals surface area contributed by atoms with Crippen molar-refractivity contribution < 1.29 is 9.90 Å². The first-order valence-electron chi connectivity index (χ1n) is 5.57. The summed E-state index contributed by atoms with van der Waals surface area (Å²) in [5.41, 5.74) is 1.31. The van der Waals surface area contributed by atoms with Crippen molar-refractivity contribution in [2.75, 3.05) is 0 Å². The average Bonchev–Trinajstić information content (AvgIpc) is 2.72. The number of rotatable bonds is 2. The van der Waals surface area contributed by atoms with Crippen molar-refractivity contribution in [3.8, 4) is 5.75 Å². The second-order valence-corrected chi connectivity index (χ2v) is 4.46. The Kier molecular flexibility index (Phi) is 2.80. The van der Waals surface area contributed by atoms with E-state index in [4.69, 9.17) is 0 Å². The summed E-state index contributed by atoms with van der Waals surface area (Å²) < 4.78 is 0. The van der Waals surface area contributed by atoms with Crippen molar-refractivity contribution in [1.29, 1.82) is 0 Å². The van der Waals surface area contributed by atoms with Gasteiger partial charge in [0.1, 0.15) is 11.3 Å². The third kappa shape index (κ3) is 1.74. The van der Waals surface area contributed by atoms with Gasteiger partial charge in [-0.25, -0.2) is 4.79 Å². The van der Waals surface area contributed by atoms with Gasteiger partial charge >= 0.3 is 0 Å². The minimum atomic E-state index is -0.530. The van der Waals surface area contributed by atoms with Crippen molar-refractivity contribution >= 4 is 6.08 Å². The Balaban J connectivity index is 2.54. The number of aliphatic imine (C=N–C) groups is 1. The van der Waals surface area contributed by atoms with E-state index in [1.165, 1.54) is 0 Å². The molecule has 1 aromatic carbocycles. The minimum absolute atomic E-state index is 0.228. The average molecular weight is 217 g/mol. The van der Waals surface area contributed by atoms with E-state index in [-0.39, 0.29) is 5.75 Å². The van der Waals surface area contributed by atoms with E-state index in [9.17, 15) is 9.90 Å². The van der Waals surface area contributed by atoms with E-state index >= 15 is 0 Å². The second-order valence-electron chi connectivity index (χ2n) is 4.46. The number of nitrogens with zero attached hydrogens (tertiary/aromatic N) is 1. The van der Waals surface area contributed by atoms with Gasteiger partial charge in [-0.2, -0.15) is 4.99 Å². The fraction of sp³-hybridized carbons (Fsp3) is 0.462. The third-order valence-corrected chi connectivity index (χ3v) is 3.34. The lowest BCUT2D eigenvalue weighted by Crippen LogP contribution is -2.19. The summed E-state index contributed by atoms with van der Waals surface area (Å²) >= 11 is 0. The van der Waals surface area contributed by atoms with Crippen LogP contribution in [-0.4, -0.2) is 11.2 Å². The van der Waals surface area contributed by atoms with E-state index in [0.29, 0.717) is 0 Å². The van der Waals surface area contributed by atoms with Gasteiger partial charge in [0.15, 0.2) is 0 Å². The number of hydrogen-bond acceptors (Lipinski definition) is 3. The van der Waals surface area contributed by atoms with Gasteiger partial charge in [-0.05, 0) is 31.9 Å². The summed E-state index contributed by atoms with van der Waals surface area (Å²) in [6.45, 7) is 1.97. The molecule has 0 amide bonds. The lowest BCUT2D eigenvalue weighted by molar-refractivity contribution is 0.408. The van der Waals surface area contributed by atoms with Crippen LogP contribution in [0.2, 0.25) is 0 Å². The molecule has 0 atom stereocenters. The fourth-order valence-electron chi connectivity index (χ4n) is 2.51. The predicted octanol–water partition coefficient (Wildman–Crippen LogP) is 2.81. The van der Waals surface area contributed by atoms with Gasteiger partial charge in [0.2, 0.25) is 6.08 Å². The summed E-state index contributed by atoms with van der Waals surface area (Å²) in [6.07, 6.45) is 5.38. The molecule has 2 rings (SSSR count). The van der Waals surface area contributed by atoms with E-state index in [1.807, 2.05) is 19.1 Å². The first kappa shape index (κ1) is 10.9. The number of hydrogen-bond donors (Lipinski definition) is 1. The summed E-state index contributed by atoms with van der Waals surface area (Å²) in [7, 11) is 0. The smallest absolute Gasteiger partial charge is 0.235 e. The number of phenols is 1. The SMILES string of the molecule is Cc1ccc(O)c(C2(N=C=O)CCCC2)c1. The predicted molar refractivity (Wildman–Crippen MR) is 61.1 cm³/mol. The Morgan fingerprint density at radius 2 is 2.06 bits per heavy atom. The molecular formula is C13H15NO2. The van der Waals surface area contributed by atoms with Gasteiger partial charge in [0.25, 0.3) is 0 Å². The molecule has 1 aliphatic carbocycles. The highest BCUT2D eigenvalue weighted by Crippen LogP contribution is 2.45. The van der Waals surface area contributed by atoms with Crippen molar-refractivity contribution in [2.24, 2.45) is 4.99 Å². The molecule has 0 spiro atoms. The molecule has 84 valence electrons. The molecule has 3 nitrogen and oxygen atoms in total. The topological polar surface area (TPSA) is 49.7 Å². The quantitative estimate of drug-likeness (QED) is 0.611. The summed E-state index contributed by atoms with van der Waals surface area (Å²) in [4.78, 5) is 14.5. The van der Waals surface area contributed by atoms with Gasteiger partial charge in [-0.15, -0.1) is 0 Å². The molecule has 0 radical (unpaired) electrons.